The average Bonchev–Trinajstić information content (AvgIpc) is 2.83. The van der Waals surface area contributed by atoms with E-state index in [1.165, 1.54) is 55.2 Å². The molecule has 0 radical (unpaired) electrons. The maximum Gasteiger partial charge on any atom is 0.123 e. The zero-order chi connectivity index (χ0) is 28.0. The van der Waals surface area contributed by atoms with Crippen molar-refractivity contribution in [2.24, 2.45) is 17.8 Å². The largest absolute Gasteiger partial charge is 0.507 e. The van der Waals surface area contributed by atoms with Crippen LogP contribution in [0.25, 0.3) is 0 Å². The monoisotopic (exact) mass is 558 g/mol. The van der Waals surface area contributed by atoms with Crippen LogP contribution in [-0.2, 0) is 5.75 Å². The number of thioether (sulfide) groups is 2. The summed E-state index contributed by atoms with van der Waals surface area (Å²) in [6.45, 7) is 17.8. The molecule has 0 bridgehead atoms. The molecule has 0 heterocycles. The molecular formula is C34H54O2S2. The summed E-state index contributed by atoms with van der Waals surface area (Å²) in [5, 5.41) is 23.6. The Morgan fingerprint density at radius 1 is 0.789 bits per heavy atom. The molecule has 214 valence electrons. The Bertz CT molecular complexity index is 959. The van der Waals surface area contributed by atoms with Gasteiger partial charge in [-0.15, -0.1) is 0 Å². The lowest BCUT2D eigenvalue weighted by molar-refractivity contribution is 0.162. The number of hydrogen-bond acceptors (Lipinski definition) is 4. The maximum absolute atomic E-state index is 11.3. The average molecular weight is 559 g/mol. The molecule has 0 saturated heterocycles. The van der Waals surface area contributed by atoms with Gasteiger partial charge < -0.3 is 10.2 Å². The third-order valence-corrected chi connectivity index (χ3v) is 11.7. The van der Waals surface area contributed by atoms with Crippen molar-refractivity contribution in [2.45, 2.75) is 128 Å². The van der Waals surface area contributed by atoms with Gasteiger partial charge in [-0.3, -0.25) is 0 Å². The molecule has 0 spiro atoms. The Kier molecular flexibility index (Phi) is 12.3. The molecule has 4 atom stereocenters. The summed E-state index contributed by atoms with van der Waals surface area (Å²) in [5.41, 5.74) is 6.11. The Morgan fingerprint density at radius 2 is 1.42 bits per heavy atom. The van der Waals surface area contributed by atoms with Crippen LogP contribution in [0.5, 0.6) is 5.75 Å². The lowest BCUT2D eigenvalue weighted by atomic mass is 9.81. The van der Waals surface area contributed by atoms with Crippen LogP contribution in [0.3, 0.4) is 0 Å². The molecule has 2 aliphatic carbocycles. The Balaban J connectivity index is 1.76. The minimum absolute atomic E-state index is 0.191. The number of phenols is 1. The van der Waals surface area contributed by atoms with Crippen molar-refractivity contribution in [2.75, 3.05) is 5.75 Å². The highest BCUT2D eigenvalue weighted by atomic mass is 32.2. The summed E-state index contributed by atoms with van der Waals surface area (Å²) in [7, 11) is 0. The lowest BCUT2D eigenvalue weighted by Gasteiger charge is -2.33. The SMILES string of the molecule is CC(C)C1=CC(CS[C@H]2CCCCCCC2SCc2cc(C(C)C)cc(C(C)C)c2O)C(O)C(C(C)C)=C1. The number of allylic oxidation sites excluding steroid dienone is 2. The fourth-order valence-corrected chi connectivity index (χ4v) is 8.98. The Labute approximate surface area is 242 Å². The summed E-state index contributed by atoms with van der Waals surface area (Å²) >= 11 is 4.17. The number of aromatic hydroxyl groups is 1. The molecule has 4 heteroatoms. The van der Waals surface area contributed by atoms with E-state index in [9.17, 15) is 10.2 Å². The van der Waals surface area contributed by atoms with Gasteiger partial charge in [0.1, 0.15) is 5.75 Å². The summed E-state index contributed by atoms with van der Waals surface area (Å²) in [5.74, 6) is 4.18. The van der Waals surface area contributed by atoms with E-state index < -0.39 is 0 Å². The summed E-state index contributed by atoms with van der Waals surface area (Å²) in [4.78, 5) is 0. The molecule has 3 unspecified atom stereocenters. The van der Waals surface area contributed by atoms with Gasteiger partial charge in [-0.05, 0) is 58.8 Å². The topological polar surface area (TPSA) is 40.5 Å². The van der Waals surface area contributed by atoms with E-state index in [2.05, 4.69) is 103 Å². The van der Waals surface area contributed by atoms with E-state index in [0.29, 0.717) is 39.9 Å². The Hall–Kier alpha value is -0.840. The molecule has 3 rings (SSSR count). The number of hydrogen-bond donors (Lipinski definition) is 2. The minimum Gasteiger partial charge on any atom is -0.507 e. The van der Waals surface area contributed by atoms with Crippen LogP contribution in [0.15, 0.2) is 35.4 Å². The Morgan fingerprint density at radius 3 is 1.97 bits per heavy atom. The van der Waals surface area contributed by atoms with Gasteiger partial charge in [-0.25, -0.2) is 0 Å². The quantitative estimate of drug-likeness (QED) is 0.300. The minimum atomic E-state index is -0.366. The second kappa shape index (κ2) is 14.7. The zero-order valence-corrected chi connectivity index (χ0v) is 26.9. The summed E-state index contributed by atoms with van der Waals surface area (Å²) < 4.78 is 0. The van der Waals surface area contributed by atoms with E-state index in [1.54, 1.807) is 0 Å². The molecule has 1 aromatic rings. The normalized spacial score (nSPS) is 25.1. The molecule has 0 aliphatic heterocycles. The first-order valence-electron chi connectivity index (χ1n) is 15.2. The smallest absolute Gasteiger partial charge is 0.123 e. The van der Waals surface area contributed by atoms with E-state index in [0.717, 1.165) is 22.6 Å². The molecule has 1 aromatic carbocycles. The predicted molar refractivity (Wildman–Crippen MR) is 171 cm³/mol. The van der Waals surface area contributed by atoms with Gasteiger partial charge in [0.25, 0.3) is 0 Å². The number of aliphatic hydroxyl groups is 1. The zero-order valence-electron chi connectivity index (χ0n) is 25.3. The standard InChI is InChI=1S/C34H54O2S2/c1-21(2)25-15-27(33(35)29(17-25)23(5)6)19-37-31-13-11-9-10-12-14-32(31)38-20-28-16-26(22(3)4)18-30(24(7)8)34(28)36/h15-18,21-24,27,31-33,35-36H,9-14,19-20H2,1-8H3/t27?,31-,32?,33?/m0/s1. The van der Waals surface area contributed by atoms with Gasteiger partial charge in [-0.1, -0.05) is 105 Å². The highest BCUT2D eigenvalue weighted by molar-refractivity contribution is 8.03. The van der Waals surface area contributed by atoms with Gasteiger partial charge in [0.05, 0.1) is 6.10 Å². The highest BCUT2D eigenvalue weighted by Gasteiger charge is 2.31. The fraction of sp³-hybridized carbons (Fsp3) is 0.706. The van der Waals surface area contributed by atoms with Crippen molar-refractivity contribution in [1.82, 2.24) is 0 Å². The number of benzene rings is 1. The molecule has 2 N–H and O–H groups in total. The highest BCUT2D eigenvalue weighted by Crippen LogP contribution is 2.41. The molecule has 38 heavy (non-hydrogen) atoms. The van der Waals surface area contributed by atoms with Crippen molar-refractivity contribution >= 4 is 23.5 Å². The second-order valence-corrected chi connectivity index (χ2v) is 15.4. The first-order valence-corrected chi connectivity index (χ1v) is 17.3. The molecule has 2 aliphatic rings. The van der Waals surface area contributed by atoms with Crippen molar-refractivity contribution in [1.29, 1.82) is 0 Å². The van der Waals surface area contributed by atoms with E-state index in [-0.39, 0.29) is 12.0 Å². The third kappa shape index (κ3) is 8.33. The molecule has 1 fully saturated rings. The van der Waals surface area contributed by atoms with Crippen LogP contribution >= 0.6 is 23.5 Å². The molecular weight excluding hydrogens is 505 g/mol. The van der Waals surface area contributed by atoms with Crippen LogP contribution in [0.4, 0.5) is 0 Å². The fourth-order valence-electron chi connectivity index (χ4n) is 5.78. The van der Waals surface area contributed by atoms with Crippen LogP contribution < -0.4 is 0 Å². The van der Waals surface area contributed by atoms with Crippen molar-refractivity contribution in [3.8, 4) is 5.75 Å². The number of rotatable bonds is 10. The number of phenolic OH excluding ortho intramolecular Hbond substituents is 1. The first-order chi connectivity index (χ1) is 18.0. The van der Waals surface area contributed by atoms with Crippen LogP contribution in [0, 0.1) is 17.8 Å². The summed E-state index contributed by atoms with van der Waals surface area (Å²) in [6.07, 6.45) is 12.1. The van der Waals surface area contributed by atoms with Gasteiger partial charge in [0.15, 0.2) is 0 Å². The van der Waals surface area contributed by atoms with Crippen molar-refractivity contribution < 1.29 is 10.2 Å². The van der Waals surface area contributed by atoms with Crippen molar-refractivity contribution in [3.63, 3.8) is 0 Å². The molecule has 2 nitrogen and oxygen atoms in total. The van der Waals surface area contributed by atoms with Gasteiger partial charge in [0, 0.05) is 33.5 Å². The van der Waals surface area contributed by atoms with Crippen LogP contribution in [0.1, 0.15) is 122 Å². The van der Waals surface area contributed by atoms with E-state index >= 15 is 0 Å². The number of aliphatic hydroxyl groups excluding tert-OH is 1. The molecule has 0 aromatic heterocycles. The first kappa shape index (κ1) is 31.7. The second-order valence-electron chi connectivity index (χ2n) is 12.9. The third-order valence-electron chi connectivity index (χ3n) is 8.45. The lowest BCUT2D eigenvalue weighted by Crippen LogP contribution is -2.31. The van der Waals surface area contributed by atoms with E-state index in [1.807, 2.05) is 0 Å². The van der Waals surface area contributed by atoms with Gasteiger partial charge >= 0.3 is 0 Å². The summed E-state index contributed by atoms with van der Waals surface area (Å²) in [6, 6.07) is 4.46. The molecule has 1 saturated carbocycles. The maximum atomic E-state index is 11.3. The molecule has 0 amide bonds. The van der Waals surface area contributed by atoms with Gasteiger partial charge in [0.2, 0.25) is 0 Å². The predicted octanol–water partition coefficient (Wildman–Crippen LogP) is 9.85. The van der Waals surface area contributed by atoms with Crippen LogP contribution in [0.2, 0.25) is 0 Å². The van der Waals surface area contributed by atoms with Crippen molar-refractivity contribution in [3.05, 3.63) is 52.1 Å². The van der Waals surface area contributed by atoms with Gasteiger partial charge in [-0.2, -0.15) is 23.5 Å². The van der Waals surface area contributed by atoms with Crippen LogP contribution in [-0.4, -0.2) is 32.6 Å². The van der Waals surface area contributed by atoms with E-state index in [4.69, 9.17) is 0 Å².